The summed E-state index contributed by atoms with van der Waals surface area (Å²) in [4.78, 5) is 11.9. The van der Waals surface area contributed by atoms with Crippen molar-refractivity contribution in [2.75, 3.05) is 13.2 Å². The molecule has 0 rings (SSSR count). The van der Waals surface area contributed by atoms with Gasteiger partial charge in [0.2, 0.25) is 0 Å². The quantitative estimate of drug-likeness (QED) is 0.626. The van der Waals surface area contributed by atoms with Crippen molar-refractivity contribution in [3.05, 3.63) is 0 Å². The van der Waals surface area contributed by atoms with Crippen molar-refractivity contribution in [2.24, 2.45) is 0 Å². The van der Waals surface area contributed by atoms with Gasteiger partial charge in [-0.2, -0.15) is 0 Å². The maximum absolute atomic E-state index is 12.6. The van der Waals surface area contributed by atoms with Gasteiger partial charge in [-0.25, -0.2) is 4.79 Å². The number of carbonyl (C=O) groups excluding carboxylic acids is 1. The highest BCUT2D eigenvalue weighted by Gasteiger charge is 2.40. The molecule has 132 valence electrons. The Morgan fingerprint density at radius 3 is 2.05 bits per heavy atom. The topological polar surface area (TPSA) is 94.1 Å². The van der Waals surface area contributed by atoms with Gasteiger partial charge in [0.05, 0.1) is 19.3 Å². The van der Waals surface area contributed by atoms with Crippen LogP contribution in [0.3, 0.4) is 0 Å². The van der Waals surface area contributed by atoms with Gasteiger partial charge in [-0.15, -0.1) is 0 Å². The Morgan fingerprint density at radius 2 is 1.68 bits per heavy atom. The van der Waals surface area contributed by atoms with Gasteiger partial charge >= 0.3 is 13.7 Å². The van der Waals surface area contributed by atoms with Crippen molar-refractivity contribution >= 4 is 13.7 Å². The molecule has 0 saturated carbocycles. The Labute approximate surface area is 133 Å². The summed E-state index contributed by atoms with van der Waals surface area (Å²) in [6, 6.07) is -0.774. The molecule has 0 radical (unpaired) electrons. The molecular weight excluding hydrogens is 309 g/mol. The zero-order chi connectivity index (χ0) is 17.4. The lowest BCUT2D eigenvalue weighted by atomic mass is 10.2. The van der Waals surface area contributed by atoms with E-state index < -0.39 is 31.2 Å². The fraction of sp³-hybridized carbons (Fsp3) is 0.929. The molecule has 1 amide bonds. The molecule has 0 spiro atoms. The maximum atomic E-state index is 12.6. The van der Waals surface area contributed by atoms with Gasteiger partial charge < -0.3 is 24.2 Å². The highest BCUT2D eigenvalue weighted by Crippen LogP contribution is 2.53. The van der Waals surface area contributed by atoms with Gasteiger partial charge in [-0.05, 0) is 41.0 Å². The molecule has 0 aliphatic carbocycles. The van der Waals surface area contributed by atoms with Gasteiger partial charge in [-0.1, -0.05) is 13.3 Å². The van der Waals surface area contributed by atoms with Gasteiger partial charge in [0.1, 0.15) is 5.60 Å². The maximum Gasteiger partial charge on any atom is 0.407 e. The second-order valence-electron chi connectivity index (χ2n) is 5.83. The molecule has 0 unspecified atom stereocenters. The van der Waals surface area contributed by atoms with Crippen LogP contribution in [0.4, 0.5) is 4.79 Å². The van der Waals surface area contributed by atoms with E-state index in [0.717, 1.165) is 0 Å². The third kappa shape index (κ3) is 7.58. The van der Waals surface area contributed by atoms with E-state index in [1.165, 1.54) is 0 Å². The third-order valence-corrected chi connectivity index (χ3v) is 4.85. The largest absolute Gasteiger partial charge is 0.444 e. The molecule has 0 heterocycles. The number of carbonyl (C=O) groups is 1. The summed E-state index contributed by atoms with van der Waals surface area (Å²) in [7, 11) is -3.72. The van der Waals surface area contributed by atoms with Crippen LogP contribution >= 0.6 is 7.60 Å². The van der Waals surface area contributed by atoms with Gasteiger partial charge in [-0.3, -0.25) is 4.57 Å². The SMILES string of the molecule is CCC[C@H](NC(=O)OC(C)(C)C)[C@@H](O)P(=O)(OCC)OCC. The predicted molar refractivity (Wildman–Crippen MR) is 84.9 cm³/mol. The van der Waals surface area contributed by atoms with E-state index in [1.54, 1.807) is 34.6 Å². The van der Waals surface area contributed by atoms with Crippen LogP contribution in [0.2, 0.25) is 0 Å². The molecule has 2 N–H and O–H groups in total. The molecule has 0 aromatic carbocycles. The molecular formula is C14H30NO6P. The molecule has 8 heteroatoms. The highest BCUT2D eigenvalue weighted by molar-refractivity contribution is 7.54. The first-order valence-electron chi connectivity index (χ1n) is 7.66. The molecule has 0 aliphatic heterocycles. The van der Waals surface area contributed by atoms with Crippen LogP contribution in [0.1, 0.15) is 54.4 Å². The summed E-state index contributed by atoms with van der Waals surface area (Å²) in [6.45, 7) is 10.7. The molecule has 7 nitrogen and oxygen atoms in total. The van der Waals surface area contributed by atoms with Crippen molar-refractivity contribution in [3.8, 4) is 0 Å². The smallest absolute Gasteiger partial charge is 0.407 e. The Hall–Kier alpha value is -0.620. The van der Waals surface area contributed by atoms with Crippen LogP contribution in [-0.2, 0) is 18.3 Å². The first-order chi connectivity index (χ1) is 10.1. The number of nitrogens with one attached hydrogen (secondary N) is 1. The molecule has 0 saturated heterocycles. The number of amides is 1. The normalized spacial score (nSPS) is 15.2. The zero-order valence-electron chi connectivity index (χ0n) is 14.4. The second kappa shape index (κ2) is 9.50. The molecule has 0 aromatic heterocycles. The van der Waals surface area contributed by atoms with Crippen molar-refractivity contribution in [3.63, 3.8) is 0 Å². The molecule has 2 atom stereocenters. The van der Waals surface area contributed by atoms with E-state index in [2.05, 4.69) is 5.32 Å². The average molecular weight is 339 g/mol. The van der Waals surface area contributed by atoms with E-state index in [0.29, 0.717) is 12.8 Å². The minimum Gasteiger partial charge on any atom is -0.444 e. The second-order valence-corrected chi connectivity index (χ2v) is 7.96. The monoisotopic (exact) mass is 339 g/mol. The number of ether oxygens (including phenoxy) is 1. The Bertz CT molecular complexity index is 372. The van der Waals surface area contributed by atoms with E-state index >= 15 is 0 Å². The zero-order valence-corrected chi connectivity index (χ0v) is 15.3. The Morgan fingerprint density at radius 1 is 1.18 bits per heavy atom. The minimum absolute atomic E-state index is 0.139. The van der Waals surface area contributed by atoms with Gasteiger partial charge in [0.25, 0.3) is 0 Å². The van der Waals surface area contributed by atoms with Crippen LogP contribution in [-0.4, -0.2) is 41.9 Å². The van der Waals surface area contributed by atoms with Crippen molar-refractivity contribution in [1.29, 1.82) is 0 Å². The number of alkyl carbamates (subject to hydrolysis) is 1. The van der Waals surface area contributed by atoms with E-state index in [-0.39, 0.29) is 13.2 Å². The lowest BCUT2D eigenvalue weighted by Gasteiger charge is -2.30. The summed E-state index contributed by atoms with van der Waals surface area (Å²) in [5.74, 6) is -1.44. The minimum atomic E-state index is -3.72. The van der Waals surface area contributed by atoms with E-state index in [4.69, 9.17) is 13.8 Å². The van der Waals surface area contributed by atoms with Gasteiger partial charge in [0.15, 0.2) is 5.85 Å². The number of rotatable bonds is 9. The first kappa shape index (κ1) is 21.4. The third-order valence-electron chi connectivity index (χ3n) is 2.60. The summed E-state index contributed by atoms with van der Waals surface area (Å²) in [5, 5.41) is 12.9. The first-order valence-corrected chi connectivity index (χ1v) is 9.27. The number of aliphatic hydroxyl groups excluding tert-OH is 1. The predicted octanol–water partition coefficient (Wildman–Crippen LogP) is 3.26. The van der Waals surface area contributed by atoms with Gasteiger partial charge in [0, 0.05) is 0 Å². The molecule has 0 fully saturated rings. The van der Waals surface area contributed by atoms with Crippen LogP contribution in [0, 0.1) is 0 Å². The summed E-state index contributed by atoms with van der Waals surface area (Å²) in [5.41, 5.74) is -0.657. The van der Waals surface area contributed by atoms with Crippen LogP contribution in [0.5, 0.6) is 0 Å². The number of aliphatic hydroxyl groups is 1. The van der Waals surface area contributed by atoms with Crippen molar-refractivity contribution < 1.29 is 28.3 Å². The lowest BCUT2D eigenvalue weighted by molar-refractivity contribution is 0.0443. The van der Waals surface area contributed by atoms with Crippen LogP contribution < -0.4 is 5.32 Å². The van der Waals surface area contributed by atoms with Crippen molar-refractivity contribution in [2.45, 2.75) is 71.9 Å². The summed E-state index contributed by atoms with van der Waals surface area (Å²) >= 11 is 0. The lowest BCUT2D eigenvalue weighted by Crippen LogP contribution is -2.45. The molecule has 22 heavy (non-hydrogen) atoms. The Balaban J connectivity index is 5.04. The van der Waals surface area contributed by atoms with Crippen LogP contribution in [0.25, 0.3) is 0 Å². The number of hydrogen-bond donors (Lipinski definition) is 2. The molecule has 0 aliphatic rings. The summed E-state index contributed by atoms with van der Waals surface area (Å²) in [6.07, 6.45) is 0.421. The fourth-order valence-corrected chi connectivity index (χ4v) is 3.60. The summed E-state index contributed by atoms with van der Waals surface area (Å²) < 4.78 is 28.0. The van der Waals surface area contributed by atoms with Crippen molar-refractivity contribution in [1.82, 2.24) is 5.32 Å². The fourth-order valence-electron chi connectivity index (χ4n) is 1.84. The highest BCUT2D eigenvalue weighted by atomic mass is 31.2. The van der Waals surface area contributed by atoms with E-state index in [9.17, 15) is 14.5 Å². The molecule has 0 aromatic rings. The average Bonchev–Trinajstić information content (AvgIpc) is 2.35. The van der Waals surface area contributed by atoms with Crippen LogP contribution in [0.15, 0.2) is 0 Å². The molecule has 0 bridgehead atoms. The van der Waals surface area contributed by atoms with E-state index in [1.807, 2.05) is 6.92 Å². The Kier molecular flexibility index (Phi) is 9.24. The number of hydrogen-bond acceptors (Lipinski definition) is 6. The standard InChI is InChI=1S/C14H30NO6P/c1-7-10-11(15-13(17)21-14(4,5)6)12(16)22(18,19-8-2)20-9-3/h11-12,16H,7-10H2,1-6H3,(H,15,17)/t11-,12-/m0/s1.